The highest BCUT2D eigenvalue weighted by Crippen LogP contribution is 2.32. The number of aromatic nitrogens is 4. The Hall–Kier alpha value is -3.68. The Morgan fingerprint density at radius 1 is 0.969 bits per heavy atom. The molecule has 8 nitrogen and oxygen atoms in total. The van der Waals surface area contributed by atoms with Gasteiger partial charge in [-0.15, -0.1) is 10.2 Å². The number of hydrogen-bond donors (Lipinski definition) is 0. The summed E-state index contributed by atoms with van der Waals surface area (Å²) in [7, 11) is 1.66. The van der Waals surface area contributed by atoms with E-state index in [-0.39, 0.29) is 5.92 Å². The fraction of sp³-hybridized carbons (Fsp3) is 0.333. The molecule has 2 aromatic heterocycles. The van der Waals surface area contributed by atoms with Crippen LogP contribution in [0.25, 0.3) is 27.9 Å². The Kier molecular flexibility index (Phi) is 4.45. The Morgan fingerprint density at radius 3 is 2.44 bits per heavy atom. The molecule has 4 aromatic rings. The zero-order valence-electron chi connectivity index (χ0n) is 17.9. The first-order valence-electron chi connectivity index (χ1n) is 11.0. The first-order chi connectivity index (χ1) is 15.7. The SMILES string of the molecule is COc1ccc(-c2nnc3c4ccccc4nc(N4CCN(C(=O)C5CC5)CC4)n23)cc1. The average Bonchev–Trinajstić information content (AvgIpc) is 3.61. The molecule has 0 spiro atoms. The molecular formula is C24H24N6O2. The minimum Gasteiger partial charge on any atom is -0.497 e. The third-order valence-electron chi connectivity index (χ3n) is 6.38. The number of rotatable bonds is 4. The maximum Gasteiger partial charge on any atom is 0.225 e. The van der Waals surface area contributed by atoms with Gasteiger partial charge in [0.05, 0.1) is 12.6 Å². The number of carbonyl (C=O) groups is 1. The summed E-state index contributed by atoms with van der Waals surface area (Å²) in [6, 6.07) is 15.8. The van der Waals surface area contributed by atoms with Crippen LogP contribution in [-0.4, -0.2) is 63.7 Å². The zero-order valence-corrected chi connectivity index (χ0v) is 17.9. The highest BCUT2D eigenvalue weighted by molar-refractivity contribution is 5.93. The lowest BCUT2D eigenvalue weighted by molar-refractivity contribution is -0.132. The molecule has 162 valence electrons. The molecule has 6 rings (SSSR count). The molecule has 3 heterocycles. The van der Waals surface area contributed by atoms with E-state index in [0.717, 1.165) is 65.6 Å². The van der Waals surface area contributed by atoms with Crippen molar-refractivity contribution in [3.8, 4) is 17.1 Å². The van der Waals surface area contributed by atoms with Gasteiger partial charge in [-0.05, 0) is 49.2 Å². The molecule has 8 heteroatoms. The Bertz CT molecular complexity index is 1300. The van der Waals surface area contributed by atoms with Gasteiger partial charge in [-0.2, -0.15) is 0 Å². The van der Waals surface area contributed by atoms with E-state index in [2.05, 4.69) is 15.1 Å². The van der Waals surface area contributed by atoms with Crippen molar-refractivity contribution >= 4 is 28.4 Å². The van der Waals surface area contributed by atoms with E-state index in [0.29, 0.717) is 19.0 Å². The quantitative estimate of drug-likeness (QED) is 0.497. The summed E-state index contributed by atoms with van der Waals surface area (Å²) in [5.74, 6) is 2.92. The summed E-state index contributed by atoms with van der Waals surface area (Å²) < 4.78 is 7.35. The van der Waals surface area contributed by atoms with E-state index in [4.69, 9.17) is 9.72 Å². The molecule has 2 aliphatic rings. The van der Waals surface area contributed by atoms with Gasteiger partial charge in [-0.3, -0.25) is 4.79 Å². The summed E-state index contributed by atoms with van der Waals surface area (Å²) in [5.41, 5.74) is 2.62. The molecule has 32 heavy (non-hydrogen) atoms. The van der Waals surface area contributed by atoms with Gasteiger partial charge < -0.3 is 14.5 Å². The fourth-order valence-corrected chi connectivity index (χ4v) is 4.42. The first-order valence-corrected chi connectivity index (χ1v) is 11.0. The monoisotopic (exact) mass is 428 g/mol. The van der Waals surface area contributed by atoms with Gasteiger partial charge in [0, 0.05) is 43.0 Å². The van der Waals surface area contributed by atoms with Crippen LogP contribution in [-0.2, 0) is 4.79 Å². The van der Waals surface area contributed by atoms with Crippen molar-refractivity contribution in [1.82, 2.24) is 24.5 Å². The number of piperazine rings is 1. The first kappa shape index (κ1) is 19.0. The molecule has 1 saturated carbocycles. The van der Waals surface area contributed by atoms with Crippen molar-refractivity contribution in [3.05, 3.63) is 48.5 Å². The van der Waals surface area contributed by atoms with Gasteiger partial charge in [0.1, 0.15) is 5.75 Å². The normalized spacial score (nSPS) is 16.7. The molecule has 1 aliphatic heterocycles. The van der Waals surface area contributed by atoms with E-state index < -0.39 is 0 Å². The summed E-state index contributed by atoms with van der Waals surface area (Å²) in [6.07, 6.45) is 2.08. The van der Waals surface area contributed by atoms with Crippen LogP contribution < -0.4 is 9.64 Å². The average molecular weight is 428 g/mol. The van der Waals surface area contributed by atoms with Gasteiger partial charge in [-0.25, -0.2) is 9.38 Å². The number of fused-ring (bicyclic) bond motifs is 3. The summed E-state index contributed by atoms with van der Waals surface area (Å²) in [6.45, 7) is 2.90. The van der Waals surface area contributed by atoms with E-state index in [1.807, 2.05) is 57.8 Å². The summed E-state index contributed by atoms with van der Waals surface area (Å²) in [4.78, 5) is 21.8. The smallest absolute Gasteiger partial charge is 0.225 e. The van der Waals surface area contributed by atoms with Crippen molar-refractivity contribution in [2.75, 3.05) is 38.2 Å². The molecule has 0 atom stereocenters. The lowest BCUT2D eigenvalue weighted by Gasteiger charge is -2.35. The van der Waals surface area contributed by atoms with Gasteiger partial charge >= 0.3 is 0 Å². The molecule has 2 aromatic carbocycles. The fourth-order valence-electron chi connectivity index (χ4n) is 4.42. The Balaban J connectivity index is 1.44. The standard InChI is InChI=1S/C24H24N6O2/c1-32-18-10-8-16(9-11-18)21-26-27-22-19-4-2-3-5-20(19)25-24(30(21)22)29-14-12-28(13-15-29)23(31)17-6-7-17/h2-5,8-11,17H,6-7,12-15H2,1H3. The van der Waals surface area contributed by atoms with Crippen LogP contribution in [0.2, 0.25) is 0 Å². The molecule has 1 amide bonds. The number of hydrogen-bond acceptors (Lipinski definition) is 6. The molecule has 0 unspecified atom stereocenters. The number of carbonyl (C=O) groups excluding carboxylic acids is 1. The summed E-state index contributed by atoms with van der Waals surface area (Å²) in [5, 5.41) is 10.1. The number of para-hydroxylation sites is 1. The van der Waals surface area contributed by atoms with Gasteiger partial charge in [-0.1, -0.05) is 12.1 Å². The molecule has 0 radical (unpaired) electrons. The van der Waals surface area contributed by atoms with Crippen molar-refractivity contribution in [3.63, 3.8) is 0 Å². The van der Waals surface area contributed by atoms with Crippen LogP contribution in [0.3, 0.4) is 0 Å². The predicted molar refractivity (Wildman–Crippen MR) is 122 cm³/mol. The van der Waals surface area contributed by atoms with Gasteiger partial charge in [0.25, 0.3) is 0 Å². The van der Waals surface area contributed by atoms with Crippen LogP contribution in [0.15, 0.2) is 48.5 Å². The zero-order chi connectivity index (χ0) is 21.7. The van der Waals surface area contributed by atoms with Gasteiger partial charge in [0.2, 0.25) is 11.9 Å². The molecule has 1 aliphatic carbocycles. The van der Waals surface area contributed by atoms with Crippen LogP contribution in [0, 0.1) is 5.92 Å². The molecule has 1 saturated heterocycles. The third kappa shape index (κ3) is 3.14. The molecule has 0 bridgehead atoms. The number of amides is 1. The lowest BCUT2D eigenvalue weighted by atomic mass is 10.2. The van der Waals surface area contributed by atoms with Crippen LogP contribution in [0.5, 0.6) is 5.75 Å². The maximum atomic E-state index is 12.5. The predicted octanol–water partition coefficient (Wildman–Crippen LogP) is 3.01. The lowest BCUT2D eigenvalue weighted by Crippen LogP contribution is -2.50. The maximum absolute atomic E-state index is 12.5. The number of ether oxygens (including phenoxy) is 1. The van der Waals surface area contributed by atoms with Crippen LogP contribution >= 0.6 is 0 Å². The van der Waals surface area contributed by atoms with Crippen molar-refractivity contribution in [1.29, 1.82) is 0 Å². The van der Waals surface area contributed by atoms with Crippen molar-refractivity contribution in [2.45, 2.75) is 12.8 Å². The van der Waals surface area contributed by atoms with Crippen LogP contribution in [0.1, 0.15) is 12.8 Å². The minimum absolute atomic E-state index is 0.256. The molecule has 0 N–H and O–H groups in total. The van der Waals surface area contributed by atoms with Crippen molar-refractivity contribution in [2.24, 2.45) is 5.92 Å². The topological polar surface area (TPSA) is 75.9 Å². The van der Waals surface area contributed by atoms with Gasteiger partial charge in [0.15, 0.2) is 11.5 Å². The number of methoxy groups -OCH3 is 1. The Labute approximate surface area is 185 Å². The molecular weight excluding hydrogens is 404 g/mol. The second kappa shape index (κ2) is 7.47. The molecule has 2 fully saturated rings. The third-order valence-corrected chi connectivity index (χ3v) is 6.38. The number of benzene rings is 2. The highest BCUT2D eigenvalue weighted by atomic mass is 16.5. The van der Waals surface area contributed by atoms with E-state index >= 15 is 0 Å². The second-order valence-electron chi connectivity index (χ2n) is 8.43. The summed E-state index contributed by atoms with van der Waals surface area (Å²) >= 11 is 0. The highest BCUT2D eigenvalue weighted by Gasteiger charge is 2.35. The van der Waals surface area contributed by atoms with E-state index in [9.17, 15) is 4.79 Å². The van der Waals surface area contributed by atoms with Crippen LogP contribution in [0.4, 0.5) is 5.95 Å². The van der Waals surface area contributed by atoms with E-state index in [1.165, 1.54) is 0 Å². The minimum atomic E-state index is 0.256. The Morgan fingerprint density at radius 2 is 1.72 bits per heavy atom. The number of nitrogens with zero attached hydrogens (tertiary/aromatic N) is 6. The largest absolute Gasteiger partial charge is 0.497 e. The number of anilines is 1. The second-order valence-corrected chi connectivity index (χ2v) is 8.43. The van der Waals surface area contributed by atoms with Crippen molar-refractivity contribution < 1.29 is 9.53 Å². The van der Waals surface area contributed by atoms with E-state index in [1.54, 1.807) is 7.11 Å².